The molecule has 80 valence electrons. The Morgan fingerprint density at radius 1 is 1.43 bits per heavy atom. The van der Waals surface area contributed by atoms with E-state index in [4.69, 9.17) is 0 Å². The van der Waals surface area contributed by atoms with Crippen molar-refractivity contribution in [3.05, 3.63) is 21.4 Å². The van der Waals surface area contributed by atoms with Crippen molar-refractivity contribution in [2.75, 3.05) is 0 Å². The molecule has 14 heavy (non-hydrogen) atoms. The van der Waals surface area contributed by atoms with Crippen molar-refractivity contribution >= 4 is 27.3 Å². The molecule has 0 saturated heterocycles. The standard InChI is InChI=1S/C9H10BrF3S/c1-5-3-6(2)14-8(5)7(10)4-9(11,12)13/h3,7H,4H2,1-2H3. The van der Waals surface area contributed by atoms with Crippen molar-refractivity contribution < 1.29 is 13.2 Å². The van der Waals surface area contributed by atoms with E-state index < -0.39 is 17.4 Å². The predicted octanol–water partition coefficient (Wildman–Crippen LogP) is 4.75. The fraction of sp³-hybridized carbons (Fsp3) is 0.556. The maximum absolute atomic E-state index is 12.1. The van der Waals surface area contributed by atoms with Crippen molar-refractivity contribution in [2.24, 2.45) is 0 Å². The Morgan fingerprint density at radius 2 is 2.00 bits per heavy atom. The molecule has 0 bridgehead atoms. The van der Waals surface area contributed by atoms with Crippen LogP contribution < -0.4 is 0 Å². The van der Waals surface area contributed by atoms with E-state index in [2.05, 4.69) is 15.9 Å². The summed E-state index contributed by atoms with van der Waals surface area (Å²) in [5.74, 6) is 0. The van der Waals surface area contributed by atoms with Gasteiger partial charge in [-0.15, -0.1) is 11.3 Å². The molecule has 0 N–H and O–H groups in total. The Bertz CT molecular complexity index is 316. The number of rotatable bonds is 2. The topological polar surface area (TPSA) is 0 Å². The Balaban J connectivity index is 2.79. The second-order valence-electron chi connectivity index (χ2n) is 3.19. The monoisotopic (exact) mass is 286 g/mol. The second kappa shape index (κ2) is 4.23. The molecule has 0 fully saturated rings. The lowest BCUT2D eigenvalue weighted by Gasteiger charge is -2.11. The highest BCUT2D eigenvalue weighted by molar-refractivity contribution is 9.09. The molecule has 0 saturated carbocycles. The third kappa shape index (κ3) is 3.28. The van der Waals surface area contributed by atoms with Gasteiger partial charge in [-0.05, 0) is 25.5 Å². The molecule has 1 rings (SSSR count). The van der Waals surface area contributed by atoms with Gasteiger partial charge in [-0.25, -0.2) is 0 Å². The highest BCUT2D eigenvalue weighted by atomic mass is 79.9. The van der Waals surface area contributed by atoms with Gasteiger partial charge in [0.25, 0.3) is 0 Å². The summed E-state index contributed by atoms with van der Waals surface area (Å²) in [6.07, 6.45) is -4.92. The molecular formula is C9H10BrF3S. The summed E-state index contributed by atoms with van der Waals surface area (Å²) in [7, 11) is 0. The lowest BCUT2D eigenvalue weighted by molar-refractivity contribution is -0.134. The van der Waals surface area contributed by atoms with Crippen LogP contribution in [-0.4, -0.2) is 6.18 Å². The number of aryl methyl sites for hydroxylation is 2. The molecule has 1 heterocycles. The number of hydrogen-bond donors (Lipinski definition) is 0. The van der Waals surface area contributed by atoms with Crippen LogP contribution >= 0.6 is 27.3 Å². The molecule has 0 nitrogen and oxygen atoms in total. The zero-order valence-electron chi connectivity index (χ0n) is 7.78. The second-order valence-corrected chi connectivity index (χ2v) is 5.58. The van der Waals surface area contributed by atoms with Gasteiger partial charge in [0.05, 0.1) is 11.2 Å². The summed E-state index contributed by atoms with van der Waals surface area (Å²) in [4.78, 5) is 1.21. The maximum Gasteiger partial charge on any atom is 0.390 e. The first-order valence-electron chi connectivity index (χ1n) is 4.07. The van der Waals surface area contributed by atoms with Crippen LogP contribution in [0.1, 0.15) is 26.6 Å². The highest BCUT2D eigenvalue weighted by Crippen LogP contribution is 2.40. The Hall–Kier alpha value is -0.0300. The van der Waals surface area contributed by atoms with Crippen molar-refractivity contribution in [1.82, 2.24) is 0 Å². The minimum atomic E-state index is -4.11. The van der Waals surface area contributed by atoms with Crippen molar-refractivity contribution in [1.29, 1.82) is 0 Å². The van der Waals surface area contributed by atoms with Crippen LogP contribution in [0.15, 0.2) is 6.07 Å². The first-order valence-corrected chi connectivity index (χ1v) is 5.80. The number of hydrogen-bond acceptors (Lipinski definition) is 1. The summed E-state index contributed by atoms with van der Waals surface area (Å²) in [6, 6.07) is 1.91. The van der Waals surface area contributed by atoms with Crippen LogP contribution in [0.3, 0.4) is 0 Å². The van der Waals surface area contributed by atoms with Crippen LogP contribution in [0.2, 0.25) is 0 Å². The number of thiophene rings is 1. The van der Waals surface area contributed by atoms with E-state index in [1.54, 1.807) is 0 Å². The number of alkyl halides is 4. The molecular weight excluding hydrogens is 277 g/mol. The van der Waals surface area contributed by atoms with Crippen LogP contribution in [0.4, 0.5) is 13.2 Å². The van der Waals surface area contributed by atoms with Gasteiger partial charge in [-0.2, -0.15) is 13.2 Å². The molecule has 0 aliphatic carbocycles. The summed E-state index contributed by atoms with van der Waals surface area (Å²) in [6.45, 7) is 3.73. The summed E-state index contributed by atoms with van der Waals surface area (Å²) in [5, 5.41) is 0. The Kier molecular flexibility index (Phi) is 3.63. The summed E-state index contributed by atoms with van der Waals surface area (Å²) < 4.78 is 36.3. The first-order chi connectivity index (χ1) is 6.29. The average Bonchev–Trinajstić information content (AvgIpc) is 2.26. The molecule has 0 amide bonds. The van der Waals surface area contributed by atoms with Gasteiger partial charge in [0.2, 0.25) is 0 Å². The number of halogens is 4. The van der Waals surface area contributed by atoms with Crippen LogP contribution in [0.5, 0.6) is 0 Å². The van der Waals surface area contributed by atoms with E-state index in [1.807, 2.05) is 19.9 Å². The minimum Gasteiger partial charge on any atom is -0.171 e. The van der Waals surface area contributed by atoms with Crippen molar-refractivity contribution in [3.8, 4) is 0 Å². The largest absolute Gasteiger partial charge is 0.390 e. The predicted molar refractivity (Wildman–Crippen MR) is 56.1 cm³/mol. The minimum absolute atomic E-state index is 0.610. The van der Waals surface area contributed by atoms with E-state index in [9.17, 15) is 13.2 Å². The molecule has 0 spiro atoms. The normalized spacial score (nSPS) is 14.4. The summed E-state index contributed by atoms with van der Waals surface area (Å²) in [5.41, 5.74) is 0.929. The van der Waals surface area contributed by atoms with Crippen molar-refractivity contribution in [3.63, 3.8) is 0 Å². The molecule has 0 radical (unpaired) electrons. The quantitative estimate of drug-likeness (QED) is 0.688. The van der Waals surface area contributed by atoms with Gasteiger partial charge in [0.1, 0.15) is 0 Å². The molecule has 0 aliphatic heterocycles. The molecule has 1 unspecified atom stereocenters. The first kappa shape index (κ1) is 12.0. The fourth-order valence-corrected chi connectivity index (χ4v) is 3.29. The Morgan fingerprint density at radius 3 is 2.36 bits per heavy atom. The molecule has 1 atom stereocenters. The van der Waals surface area contributed by atoms with Crippen molar-refractivity contribution in [2.45, 2.75) is 31.3 Å². The molecule has 0 aliphatic rings. The SMILES string of the molecule is Cc1cc(C)c(C(Br)CC(F)(F)F)s1. The van der Waals surface area contributed by atoms with E-state index in [0.717, 1.165) is 15.3 Å². The van der Waals surface area contributed by atoms with Gasteiger partial charge in [-0.3, -0.25) is 0 Å². The molecule has 1 aromatic heterocycles. The maximum atomic E-state index is 12.1. The average molecular weight is 287 g/mol. The van der Waals surface area contributed by atoms with E-state index in [-0.39, 0.29) is 0 Å². The lowest BCUT2D eigenvalue weighted by atomic mass is 10.2. The van der Waals surface area contributed by atoms with Gasteiger partial charge in [0.15, 0.2) is 0 Å². The van der Waals surface area contributed by atoms with Gasteiger partial charge >= 0.3 is 6.18 Å². The zero-order valence-corrected chi connectivity index (χ0v) is 10.2. The van der Waals surface area contributed by atoms with Gasteiger partial charge in [0, 0.05) is 9.75 Å². The van der Waals surface area contributed by atoms with Gasteiger partial charge < -0.3 is 0 Å². The third-order valence-electron chi connectivity index (χ3n) is 1.77. The van der Waals surface area contributed by atoms with E-state index in [0.29, 0.717) is 0 Å². The van der Waals surface area contributed by atoms with Crippen LogP contribution in [-0.2, 0) is 0 Å². The summed E-state index contributed by atoms with van der Waals surface area (Å²) >= 11 is 4.49. The van der Waals surface area contributed by atoms with Gasteiger partial charge in [-0.1, -0.05) is 15.9 Å². The van der Waals surface area contributed by atoms with Crippen LogP contribution in [0, 0.1) is 13.8 Å². The van der Waals surface area contributed by atoms with E-state index in [1.165, 1.54) is 11.3 Å². The van der Waals surface area contributed by atoms with Crippen LogP contribution in [0.25, 0.3) is 0 Å². The lowest BCUT2D eigenvalue weighted by Crippen LogP contribution is -2.10. The molecule has 1 aromatic rings. The van der Waals surface area contributed by atoms with E-state index >= 15 is 0 Å². The zero-order chi connectivity index (χ0) is 10.9. The molecule has 0 aromatic carbocycles. The fourth-order valence-electron chi connectivity index (χ4n) is 1.27. The molecule has 5 heteroatoms. The Labute approximate surface area is 93.3 Å². The third-order valence-corrected chi connectivity index (χ3v) is 4.13. The smallest absolute Gasteiger partial charge is 0.171 e. The highest BCUT2D eigenvalue weighted by Gasteiger charge is 2.32.